The number of halogens is 1. The Balaban J connectivity index is 1.05. The molecule has 6 rings (SSSR count). The lowest BCUT2D eigenvalue weighted by Crippen LogP contribution is -2.54. The van der Waals surface area contributed by atoms with Gasteiger partial charge < -0.3 is 13.6 Å². The maximum Gasteiger partial charge on any atom is 0.334 e. The molecule has 2 fully saturated rings. The first-order valence-electron chi connectivity index (χ1n) is 12.8. The third-order valence-electron chi connectivity index (χ3n) is 7.42. The number of aromatic nitrogens is 2. The molecule has 1 aromatic carbocycles. The SMILES string of the molecule is CC(C)(c1ncc(-c2ccc(Cl)cc2)o1)N1CCN(C[C@@H]2C/C(=C/c3cc4ccncc4o3)C(=O)O2)CC1. The normalized spacial score (nSPS) is 20.4. The van der Waals surface area contributed by atoms with Gasteiger partial charge in [0, 0.05) is 66.9 Å². The summed E-state index contributed by atoms with van der Waals surface area (Å²) < 4.78 is 17.7. The van der Waals surface area contributed by atoms with E-state index in [0.717, 1.165) is 42.9 Å². The van der Waals surface area contributed by atoms with Gasteiger partial charge >= 0.3 is 5.97 Å². The standard InChI is InChI=1S/C29H29ClN4O4/c1-29(2,28-32-17-26(38-28)19-3-5-22(30)6-4-19)34-11-9-33(10-12-34)18-24-15-21(27(35)37-24)14-23-13-20-7-8-31-16-25(20)36-23/h3-8,13-14,16-17,24H,9-12,15,18H2,1-2H3/b21-14-/t24-/m0/s1. The first kappa shape index (κ1) is 24.9. The zero-order valence-electron chi connectivity index (χ0n) is 21.4. The Bertz CT molecular complexity index is 1450. The van der Waals surface area contributed by atoms with Gasteiger partial charge in [0.25, 0.3) is 0 Å². The molecule has 2 aliphatic heterocycles. The second kappa shape index (κ2) is 10.0. The van der Waals surface area contributed by atoms with Gasteiger partial charge in [-0.3, -0.25) is 14.8 Å². The molecular weight excluding hydrogens is 504 g/mol. The number of benzene rings is 1. The van der Waals surface area contributed by atoms with Crippen LogP contribution in [0.3, 0.4) is 0 Å². The van der Waals surface area contributed by atoms with Crippen LogP contribution in [0, 0.1) is 0 Å². The van der Waals surface area contributed by atoms with Crippen LogP contribution in [-0.2, 0) is 15.1 Å². The Morgan fingerprint density at radius 3 is 2.63 bits per heavy atom. The summed E-state index contributed by atoms with van der Waals surface area (Å²) in [6, 6.07) is 11.4. The number of fused-ring (bicyclic) bond motifs is 1. The highest BCUT2D eigenvalue weighted by atomic mass is 35.5. The van der Waals surface area contributed by atoms with Crippen LogP contribution >= 0.6 is 11.6 Å². The summed E-state index contributed by atoms with van der Waals surface area (Å²) in [5.41, 5.74) is 1.94. The third kappa shape index (κ3) is 4.99. The van der Waals surface area contributed by atoms with Crippen molar-refractivity contribution in [2.75, 3.05) is 32.7 Å². The highest BCUT2D eigenvalue weighted by Gasteiger charge is 2.37. The predicted molar refractivity (Wildman–Crippen MR) is 144 cm³/mol. The van der Waals surface area contributed by atoms with Crippen LogP contribution < -0.4 is 0 Å². The van der Waals surface area contributed by atoms with Crippen molar-refractivity contribution in [3.63, 3.8) is 0 Å². The van der Waals surface area contributed by atoms with Crippen LogP contribution in [0.2, 0.25) is 5.02 Å². The number of rotatable bonds is 6. The summed E-state index contributed by atoms with van der Waals surface area (Å²) in [6.07, 6.45) is 7.38. The van der Waals surface area contributed by atoms with Crippen LogP contribution in [0.15, 0.2) is 69.4 Å². The van der Waals surface area contributed by atoms with Crippen LogP contribution in [0.5, 0.6) is 0 Å². The second-order valence-corrected chi connectivity index (χ2v) is 10.8. The van der Waals surface area contributed by atoms with Gasteiger partial charge in [-0.05, 0) is 56.3 Å². The molecule has 3 aromatic heterocycles. The summed E-state index contributed by atoms with van der Waals surface area (Å²) in [4.78, 5) is 25.9. The van der Waals surface area contributed by atoms with E-state index in [1.165, 1.54) is 0 Å². The number of cyclic esters (lactones) is 1. The number of hydrogen-bond acceptors (Lipinski definition) is 8. The average molecular weight is 533 g/mol. The first-order valence-corrected chi connectivity index (χ1v) is 13.2. The maximum atomic E-state index is 12.5. The van der Waals surface area contributed by atoms with Gasteiger partial charge in [0.15, 0.2) is 11.3 Å². The number of hydrogen-bond donors (Lipinski definition) is 0. The summed E-state index contributed by atoms with van der Waals surface area (Å²) in [5, 5.41) is 1.65. The highest BCUT2D eigenvalue weighted by molar-refractivity contribution is 6.30. The van der Waals surface area contributed by atoms with Gasteiger partial charge in [0.2, 0.25) is 5.89 Å². The van der Waals surface area contributed by atoms with Crippen LogP contribution in [-0.4, -0.2) is 64.6 Å². The largest absolute Gasteiger partial charge is 0.457 e. The molecule has 0 spiro atoms. The number of furan rings is 1. The number of esters is 1. The molecule has 0 aliphatic carbocycles. The van der Waals surface area contributed by atoms with Gasteiger partial charge in [-0.2, -0.15) is 0 Å². The lowest BCUT2D eigenvalue weighted by atomic mass is 10.0. The minimum absolute atomic E-state index is 0.159. The molecule has 0 radical (unpaired) electrons. The highest BCUT2D eigenvalue weighted by Crippen LogP contribution is 2.32. The van der Waals surface area contributed by atoms with Crippen molar-refractivity contribution < 1.29 is 18.4 Å². The van der Waals surface area contributed by atoms with Gasteiger partial charge in [0.05, 0.1) is 17.9 Å². The van der Waals surface area contributed by atoms with E-state index in [0.29, 0.717) is 40.8 Å². The molecule has 196 valence electrons. The molecule has 9 heteroatoms. The van der Waals surface area contributed by atoms with E-state index in [1.807, 2.05) is 36.4 Å². The molecule has 0 bridgehead atoms. The molecule has 0 unspecified atom stereocenters. The number of ether oxygens (including phenoxy) is 1. The van der Waals surface area contributed by atoms with Gasteiger partial charge in [-0.25, -0.2) is 9.78 Å². The summed E-state index contributed by atoms with van der Waals surface area (Å²) >= 11 is 6.01. The lowest BCUT2D eigenvalue weighted by molar-refractivity contribution is -0.139. The van der Waals surface area contributed by atoms with Crippen LogP contribution in [0.25, 0.3) is 28.4 Å². The number of piperazine rings is 1. The van der Waals surface area contributed by atoms with Gasteiger partial charge in [-0.15, -0.1) is 0 Å². The fourth-order valence-electron chi connectivity index (χ4n) is 5.18. The Hall–Kier alpha value is -3.46. The molecule has 1 atom stereocenters. The van der Waals surface area contributed by atoms with Gasteiger partial charge in [-0.1, -0.05) is 11.6 Å². The molecule has 2 aliphatic rings. The minimum Gasteiger partial charge on any atom is -0.457 e. The zero-order valence-corrected chi connectivity index (χ0v) is 22.1. The molecule has 0 amide bonds. The van der Waals surface area contributed by atoms with E-state index < -0.39 is 0 Å². The quantitative estimate of drug-likeness (QED) is 0.241. The predicted octanol–water partition coefficient (Wildman–Crippen LogP) is 5.39. The van der Waals surface area contributed by atoms with E-state index in [2.05, 4.69) is 33.6 Å². The summed E-state index contributed by atoms with van der Waals surface area (Å²) in [5.74, 6) is 1.79. The molecular formula is C29H29ClN4O4. The third-order valence-corrected chi connectivity index (χ3v) is 7.68. The van der Waals surface area contributed by atoms with Crippen molar-refractivity contribution in [2.45, 2.75) is 31.9 Å². The Morgan fingerprint density at radius 1 is 1.08 bits per heavy atom. The number of oxazole rings is 1. The van der Waals surface area contributed by atoms with Crippen molar-refractivity contribution in [2.24, 2.45) is 0 Å². The molecule has 8 nitrogen and oxygen atoms in total. The molecule has 38 heavy (non-hydrogen) atoms. The Labute approximate surface area is 225 Å². The smallest absolute Gasteiger partial charge is 0.334 e. The van der Waals surface area contributed by atoms with E-state index in [4.69, 9.17) is 25.2 Å². The van der Waals surface area contributed by atoms with E-state index in [1.54, 1.807) is 24.7 Å². The van der Waals surface area contributed by atoms with E-state index >= 15 is 0 Å². The van der Waals surface area contributed by atoms with Crippen molar-refractivity contribution >= 4 is 34.6 Å². The zero-order chi connectivity index (χ0) is 26.3. The molecule has 2 saturated heterocycles. The molecule has 0 N–H and O–H groups in total. The van der Waals surface area contributed by atoms with Crippen molar-refractivity contribution in [3.8, 4) is 11.3 Å². The maximum absolute atomic E-state index is 12.5. The lowest BCUT2D eigenvalue weighted by Gasteiger charge is -2.42. The van der Waals surface area contributed by atoms with Crippen molar-refractivity contribution in [1.82, 2.24) is 19.8 Å². The summed E-state index contributed by atoms with van der Waals surface area (Å²) in [7, 11) is 0. The first-order chi connectivity index (χ1) is 18.3. The average Bonchev–Trinajstić information content (AvgIpc) is 3.64. The molecule has 4 aromatic rings. The molecule has 0 saturated carbocycles. The summed E-state index contributed by atoms with van der Waals surface area (Å²) in [6.45, 7) is 8.47. The number of carbonyl (C=O) groups excluding carboxylic acids is 1. The van der Waals surface area contributed by atoms with Crippen LogP contribution in [0.4, 0.5) is 0 Å². The molecule has 5 heterocycles. The second-order valence-electron chi connectivity index (χ2n) is 10.3. The Morgan fingerprint density at radius 2 is 1.87 bits per heavy atom. The minimum atomic E-state index is -0.353. The van der Waals surface area contributed by atoms with Crippen molar-refractivity contribution in [1.29, 1.82) is 0 Å². The van der Waals surface area contributed by atoms with Gasteiger partial charge in [0.1, 0.15) is 11.9 Å². The van der Waals surface area contributed by atoms with E-state index in [9.17, 15) is 4.79 Å². The fraction of sp³-hybridized carbons (Fsp3) is 0.345. The number of nitrogens with zero attached hydrogens (tertiary/aromatic N) is 4. The van der Waals surface area contributed by atoms with Crippen molar-refractivity contribution in [3.05, 3.63) is 77.2 Å². The fourth-order valence-corrected chi connectivity index (χ4v) is 5.31. The monoisotopic (exact) mass is 532 g/mol. The topological polar surface area (TPSA) is 84.8 Å². The number of pyridine rings is 1. The van der Waals surface area contributed by atoms with Crippen LogP contribution in [0.1, 0.15) is 31.9 Å². The number of carbonyl (C=O) groups is 1. The Kier molecular flexibility index (Phi) is 6.55. The van der Waals surface area contributed by atoms with E-state index in [-0.39, 0.29) is 17.6 Å².